The van der Waals surface area contributed by atoms with E-state index in [-0.39, 0.29) is 0 Å². The quantitative estimate of drug-likeness (QED) is 0.622. The summed E-state index contributed by atoms with van der Waals surface area (Å²) in [4.78, 5) is 1.55. The van der Waals surface area contributed by atoms with Gasteiger partial charge in [-0.05, 0) is 32.9 Å². The van der Waals surface area contributed by atoms with Gasteiger partial charge in [-0.2, -0.15) is 13.2 Å². The normalized spacial score (nSPS) is 24.0. The third-order valence-corrected chi connectivity index (χ3v) is 2.66. The molecule has 0 amide bonds. The maximum Gasteiger partial charge on any atom is 0.403 e. The Morgan fingerprint density at radius 3 is 1.85 bits per heavy atom. The Hall–Kier alpha value is -0.250. The number of alkyl halides is 3. The predicted molar refractivity (Wildman–Crippen MR) is 45.6 cm³/mol. The van der Waals surface area contributed by atoms with Gasteiger partial charge >= 0.3 is 6.18 Å². The molecule has 1 aliphatic rings. The molecule has 0 aromatic heterocycles. The van der Waals surface area contributed by atoms with E-state index in [4.69, 9.17) is 0 Å². The van der Waals surface area contributed by atoms with E-state index in [0.29, 0.717) is 13.1 Å². The molecule has 0 radical (unpaired) electrons. The van der Waals surface area contributed by atoms with Gasteiger partial charge in [-0.15, -0.1) is 0 Å². The molecule has 78 valence electrons. The van der Waals surface area contributed by atoms with Crippen LogP contribution in [0.2, 0.25) is 0 Å². The molecule has 13 heavy (non-hydrogen) atoms. The Balaban J connectivity index is 2.48. The highest BCUT2D eigenvalue weighted by Crippen LogP contribution is 2.26. The molecule has 1 saturated heterocycles. The fraction of sp³-hybridized carbons (Fsp3) is 1.00. The number of hydrogen-bond acceptors (Lipinski definition) is 1. The average Bonchev–Trinajstić information content (AvgIpc) is 2.28. The smallest absolute Gasteiger partial charge is 0.292 e. The topological polar surface area (TPSA) is 3.24 Å². The highest BCUT2D eigenvalue weighted by molar-refractivity contribution is 4.75. The summed E-state index contributed by atoms with van der Waals surface area (Å²) in [5, 5.41) is 0. The maximum atomic E-state index is 12.3. The SMILES string of the molecule is CC(N1CCCCCC1)C(F)(F)F. The van der Waals surface area contributed by atoms with E-state index in [1.54, 1.807) is 4.90 Å². The third-order valence-electron chi connectivity index (χ3n) is 2.66. The van der Waals surface area contributed by atoms with Gasteiger partial charge in [-0.1, -0.05) is 12.8 Å². The van der Waals surface area contributed by atoms with Crippen molar-refractivity contribution < 1.29 is 13.2 Å². The van der Waals surface area contributed by atoms with Crippen LogP contribution >= 0.6 is 0 Å². The highest BCUT2D eigenvalue weighted by Gasteiger charge is 2.39. The van der Waals surface area contributed by atoms with Crippen molar-refractivity contribution in [3.05, 3.63) is 0 Å². The van der Waals surface area contributed by atoms with Gasteiger partial charge in [0, 0.05) is 0 Å². The van der Waals surface area contributed by atoms with Gasteiger partial charge < -0.3 is 0 Å². The molecule has 1 heterocycles. The molecule has 1 rings (SSSR count). The number of halogens is 3. The predicted octanol–water partition coefficient (Wildman–Crippen LogP) is 2.81. The van der Waals surface area contributed by atoms with Crippen molar-refractivity contribution in [2.75, 3.05) is 13.1 Å². The van der Waals surface area contributed by atoms with Crippen LogP contribution in [0.4, 0.5) is 13.2 Å². The van der Waals surface area contributed by atoms with Crippen LogP contribution in [-0.4, -0.2) is 30.2 Å². The van der Waals surface area contributed by atoms with Gasteiger partial charge in [0.2, 0.25) is 0 Å². The zero-order valence-corrected chi connectivity index (χ0v) is 7.90. The summed E-state index contributed by atoms with van der Waals surface area (Å²) in [7, 11) is 0. The summed E-state index contributed by atoms with van der Waals surface area (Å²) in [6.07, 6.45) is -0.118. The van der Waals surface area contributed by atoms with E-state index in [2.05, 4.69) is 0 Å². The Kier molecular flexibility index (Phi) is 3.59. The molecule has 0 spiro atoms. The Labute approximate surface area is 76.9 Å². The van der Waals surface area contributed by atoms with E-state index < -0.39 is 12.2 Å². The fourth-order valence-corrected chi connectivity index (χ4v) is 1.69. The first kappa shape index (κ1) is 10.8. The summed E-state index contributed by atoms with van der Waals surface area (Å²) in [5.74, 6) is 0. The summed E-state index contributed by atoms with van der Waals surface area (Å²) in [5.41, 5.74) is 0. The van der Waals surface area contributed by atoms with Gasteiger partial charge in [0.1, 0.15) is 6.04 Å². The monoisotopic (exact) mass is 195 g/mol. The minimum absolute atomic E-state index is 0.598. The maximum absolute atomic E-state index is 12.3. The molecule has 1 atom stereocenters. The minimum atomic E-state index is -4.07. The van der Waals surface area contributed by atoms with Crippen LogP contribution in [0.5, 0.6) is 0 Å². The molecular weight excluding hydrogens is 179 g/mol. The van der Waals surface area contributed by atoms with E-state index in [1.807, 2.05) is 0 Å². The van der Waals surface area contributed by atoms with Crippen LogP contribution in [-0.2, 0) is 0 Å². The molecule has 0 saturated carbocycles. The Morgan fingerprint density at radius 2 is 1.46 bits per heavy atom. The molecular formula is C9H16F3N. The largest absolute Gasteiger partial charge is 0.403 e. The van der Waals surface area contributed by atoms with Crippen LogP contribution in [0, 0.1) is 0 Å². The van der Waals surface area contributed by atoms with Crippen LogP contribution in [0.3, 0.4) is 0 Å². The lowest BCUT2D eigenvalue weighted by molar-refractivity contribution is -0.178. The van der Waals surface area contributed by atoms with Gasteiger partial charge in [-0.3, -0.25) is 4.90 Å². The number of nitrogens with zero attached hydrogens (tertiary/aromatic N) is 1. The number of likely N-dealkylation sites (tertiary alicyclic amines) is 1. The number of hydrogen-bond donors (Lipinski definition) is 0. The second kappa shape index (κ2) is 4.31. The summed E-state index contributed by atoms with van der Waals surface area (Å²) in [6, 6.07) is -1.27. The van der Waals surface area contributed by atoms with Crippen molar-refractivity contribution >= 4 is 0 Å². The fourth-order valence-electron chi connectivity index (χ4n) is 1.69. The van der Waals surface area contributed by atoms with E-state index in [9.17, 15) is 13.2 Å². The second-order valence-corrected chi connectivity index (χ2v) is 3.67. The molecule has 1 fully saturated rings. The first-order valence-corrected chi connectivity index (χ1v) is 4.82. The molecule has 0 bridgehead atoms. The molecule has 0 aliphatic carbocycles. The van der Waals surface area contributed by atoms with Crippen molar-refractivity contribution in [2.45, 2.75) is 44.8 Å². The van der Waals surface area contributed by atoms with Gasteiger partial charge in [0.25, 0.3) is 0 Å². The first-order chi connectivity index (χ1) is 6.02. The van der Waals surface area contributed by atoms with Gasteiger partial charge in [0.15, 0.2) is 0 Å². The standard InChI is InChI=1S/C9H16F3N/c1-8(9(10,11)12)13-6-4-2-3-5-7-13/h8H,2-7H2,1H3. The summed E-state index contributed by atoms with van der Waals surface area (Å²) >= 11 is 0. The molecule has 1 aliphatic heterocycles. The van der Waals surface area contributed by atoms with E-state index in [0.717, 1.165) is 25.7 Å². The molecule has 0 aromatic carbocycles. The zero-order chi connectivity index (χ0) is 9.90. The van der Waals surface area contributed by atoms with E-state index in [1.165, 1.54) is 6.92 Å². The highest BCUT2D eigenvalue weighted by atomic mass is 19.4. The van der Waals surface area contributed by atoms with Crippen LogP contribution in [0.15, 0.2) is 0 Å². The first-order valence-electron chi connectivity index (χ1n) is 4.82. The summed E-state index contributed by atoms with van der Waals surface area (Å²) < 4.78 is 37.0. The molecule has 4 heteroatoms. The lowest BCUT2D eigenvalue weighted by Crippen LogP contribution is -2.43. The zero-order valence-electron chi connectivity index (χ0n) is 7.90. The lowest BCUT2D eigenvalue weighted by Gasteiger charge is -2.29. The Morgan fingerprint density at radius 1 is 1.00 bits per heavy atom. The van der Waals surface area contributed by atoms with Gasteiger partial charge in [0.05, 0.1) is 0 Å². The molecule has 1 nitrogen and oxygen atoms in total. The minimum Gasteiger partial charge on any atom is -0.292 e. The van der Waals surface area contributed by atoms with E-state index >= 15 is 0 Å². The van der Waals surface area contributed by atoms with Crippen molar-refractivity contribution in [3.8, 4) is 0 Å². The van der Waals surface area contributed by atoms with Crippen molar-refractivity contribution in [2.24, 2.45) is 0 Å². The second-order valence-electron chi connectivity index (χ2n) is 3.67. The number of rotatable bonds is 1. The Bertz CT molecular complexity index is 147. The van der Waals surface area contributed by atoms with Crippen molar-refractivity contribution in [1.82, 2.24) is 4.90 Å². The van der Waals surface area contributed by atoms with Gasteiger partial charge in [-0.25, -0.2) is 0 Å². The van der Waals surface area contributed by atoms with Crippen LogP contribution in [0.1, 0.15) is 32.6 Å². The molecule has 0 aromatic rings. The van der Waals surface area contributed by atoms with Crippen LogP contribution < -0.4 is 0 Å². The summed E-state index contributed by atoms with van der Waals surface area (Å²) in [6.45, 7) is 2.45. The third kappa shape index (κ3) is 3.18. The lowest BCUT2D eigenvalue weighted by atomic mass is 10.2. The molecule has 0 N–H and O–H groups in total. The van der Waals surface area contributed by atoms with Crippen LogP contribution in [0.25, 0.3) is 0 Å². The van der Waals surface area contributed by atoms with Crippen molar-refractivity contribution in [3.63, 3.8) is 0 Å². The van der Waals surface area contributed by atoms with Crippen molar-refractivity contribution in [1.29, 1.82) is 0 Å². The average molecular weight is 195 g/mol. The molecule has 1 unspecified atom stereocenters.